The van der Waals surface area contributed by atoms with Crippen LogP contribution in [0.4, 0.5) is 4.39 Å². The van der Waals surface area contributed by atoms with Gasteiger partial charge in [0, 0.05) is 11.6 Å². The summed E-state index contributed by atoms with van der Waals surface area (Å²) in [6.45, 7) is 0. The standard InChI is InChI=1S/C15H13FO3/c1-18-11-5-3-4-10(8-11)15(17)13-7-6-12(19-2)9-14(13)16/h3-9H,1-2H3. The summed E-state index contributed by atoms with van der Waals surface area (Å²) in [5, 5.41) is 0. The monoisotopic (exact) mass is 260 g/mol. The second-order valence-electron chi connectivity index (χ2n) is 3.91. The molecule has 0 radical (unpaired) electrons. The smallest absolute Gasteiger partial charge is 0.196 e. The number of halogens is 1. The number of hydrogen-bond donors (Lipinski definition) is 0. The fraction of sp³-hybridized carbons (Fsp3) is 0.133. The number of ketones is 1. The molecule has 0 aliphatic heterocycles. The van der Waals surface area contributed by atoms with Crippen molar-refractivity contribution in [2.45, 2.75) is 0 Å². The van der Waals surface area contributed by atoms with Crippen molar-refractivity contribution in [1.82, 2.24) is 0 Å². The van der Waals surface area contributed by atoms with Crippen LogP contribution in [-0.4, -0.2) is 20.0 Å². The highest BCUT2D eigenvalue weighted by molar-refractivity contribution is 6.09. The predicted molar refractivity (Wildman–Crippen MR) is 69.4 cm³/mol. The van der Waals surface area contributed by atoms with Gasteiger partial charge in [-0.05, 0) is 24.3 Å². The summed E-state index contributed by atoms with van der Waals surface area (Å²) in [6, 6.07) is 10.8. The zero-order valence-electron chi connectivity index (χ0n) is 10.6. The average Bonchev–Trinajstić information content (AvgIpc) is 2.46. The predicted octanol–water partition coefficient (Wildman–Crippen LogP) is 3.07. The molecule has 0 saturated carbocycles. The summed E-state index contributed by atoms with van der Waals surface area (Å²) in [4.78, 5) is 12.2. The van der Waals surface area contributed by atoms with Crippen molar-refractivity contribution in [2.24, 2.45) is 0 Å². The van der Waals surface area contributed by atoms with E-state index in [2.05, 4.69) is 0 Å². The van der Waals surface area contributed by atoms with Crippen molar-refractivity contribution >= 4 is 5.78 Å². The van der Waals surface area contributed by atoms with Crippen LogP contribution in [0.5, 0.6) is 11.5 Å². The summed E-state index contributed by atoms with van der Waals surface area (Å²) in [5.74, 6) is -0.0642. The van der Waals surface area contributed by atoms with Gasteiger partial charge in [-0.15, -0.1) is 0 Å². The van der Waals surface area contributed by atoms with Gasteiger partial charge in [0.2, 0.25) is 0 Å². The number of hydrogen-bond acceptors (Lipinski definition) is 3. The number of carbonyl (C=O) groups is 1. The van der Waals surface area contributed by atoms with Gasteiger partial charge in [-0.2, -0.15) is 0 Å². The van der Waals surface area contributed by atoms with Crippen molar-refractivity contribution in [1.29, 1.82) is 0 Å². The number of rotatable bonds is 4. The van der Waals surface area contributed by atoms with Crippen LogP contribution < -0.4 is 9.47 Å². The van der Waals surface area contributed by atoms with Crippen LogP contribution in [-0.2, 0) is 0 Å². The van der Waals surface area contributed by atoms with Crippen LogP contribution in [0, 0.1) is 5.82 Å². The van der Waals surface area contributed by atoms with Crippen LogP contribution >= 0.6 is 0 Å². The molecule has 0 aliphatic carbocycles. The molecule has 4 heteroatoms. The minimum Gasteiger partial charge on any atom is -0.497 e. The highest BCUT2D eigenvalue weighted by atomic mass is 19.1. The molecule has 0 aromatic heterocycles. The zero-order valence-corrected chi connectivity index (χ0v) is 10.6. The zero-order chi connectivity index (χ0) is 13.8. The van der Waals surface area contributed by atoms with E-state index in [0.29, 0.717) is 17.1 Å². The van der Waals surface area contributed by atoms with E-state index in [0.717, 1.165) is 0 Å². The summed E-state index contributed by atoms with van der Waals surface area (Å²) in [6.07, 6.45) is 0. The van der Waals surface area contributed by atoms with Gasteiger partial charge in [0.25, 0.3) is 0 Å². The third-order valence-electron chi connectivity index (χ3n) is 2.75. The van der Waals surface area contributed by atoms with E-state index in [-0.39, 0.29) is 11.3 Å². The lowest BCUT2D eigenvalue weighted by Gasteiger charge is -2.06. The third-order valence-corrected chi connectivity index (χ3v) is 2.75. The Morgan fingerprint density at radius 1 is 1.00 bits per heavy atom. The summed E-state index contributed by atoms with van der Waals surface area (Å²) in [5.41, 5.74) is 0.387. The Morgan fingerprint density at radius 2 is 1.68 bits per heavy atom. The molecule has 0 N–H and O–H groups in total. The average molecular weight is 260 g/mol. The first-order valence-electron chi connectivity index (χ1n) is 5.68. The van der Waals surface area contributed by atoms with Crippen LogP contribution in [0.2, 0.25) is 0 Å². The Kier molecular flexibility index (Phi) is 3.80. The maximum Gasteiger partial charge on any atom is 0.196 e. The topological polar surface area (TPSA) is 35.5 Å². The lowest BCUT2D eigenvalue weighted by Crippen LogP contribution is -2.04. The molecule has 2 rings (SSSR count). The molecule has 0 atom stereocenters. The van der Waals surface area contributed by atoms with Gasteiger partial charge in [0.15, 0.2) is 5.78 Å². The number of carbonyl (C=O) groups excluding carboxylic acids is 1. The molecule has 0 aliphatic rings. The summed E-state index contributed by atoms with van der Waals surface area (Å²) in [7, 11) is 2.95. The number of benzene rings is 2. The van der Waals surface area contributed by atoms with Crippen LogP contribution in [0.1, 0.15) is 15.9 Å². The van der Waals surface area contributed by atoms with E-state index in [4.69, 9.17) is 9.47 Å². The number of ether oxygens (including phenoxy) is 2. The largest absolute Gasteiger partial charge is 0.497 e. The first kappa shape index (κ1) is 13.1. The molecule has 0 fully saturated rings. The normalized spacial score (nSPS) is 10.1. The second-order valence-corrected chi connectivity index (χ2v) is 3.91. The summed E-state index contributed by atoms with van der Waals surface area (Å²) < 4.78 is 23.8. The van der Waals surface area contributed by atoms with Crippen molar-refractivity contribution in [3.8, 4) is 11.5 Å². The van der Waals surface area contributed by atoms with Gasteiger partial charge >= 0.3 is 0 Å². The minimum absolute atomic E-state index is 0.00838. The summed E-state index contributed by atoms with van der Waals surface area (Å²) >= 11 is 0. The molecule has 98 valence electrons. The molecule has 0 spiro atoms. The first-order chi connectivity index (χ1) is 9.15. The van der Waals surface area contributed by atoms with Crippen LogP contribution in [0.3, 0.4) is 0 Å². The Labute approximate surface area is 110 Å². The highest BCUT2D eigenvalue weighted by Crippen LogP contribution is 2.21. The molecule has 0 bridgehead atoms. The molecule has 19 heavy (non-hydrogen) atoms. The van der Waals surface area contributed by atoms with Gasteiger partial charge in [-0.3, -0.25) is 4.79 Å². The molecule has 3 nitrogen and oxygen atoms in total. The molecule has 0 unspecified atom stereocenters. The minimum atomic E-state index is -0.604. The molecule has 2 aromatic carbocycles. The van der Waals surface area contributed by atoms with E-state index >= 15 is 0 Å². The highest BCUT2D eigenvalue weighted by Gasteiger charge is 2.15. The quantitative estimate of drug-likeness (QED) is 0.792. The van der Waals surface area contributed by atoms with E-state index in [1.54, 1.807) is 30.3 Å². The maximum atomic E-state index is 13.8. The molecule has 2 aromatic rings. The number of methoxy groups -OCH3 is 2. The molecule has 0 saturated heterocycles. The molecule has 0 amide bonds. The lowest BCUT2D eigenvalue weighted by molar-refractivity contribution is 0.103. The van der Waals surface area contributed by atoms with E-state index in [1.165, 1.54) is 26.4 Å². The van der Waals surface area contributed by atoms with Crippen molar-refractivity contribution in [3.63, 3.8) is 0 Å². The second kappa shape index (κ2) is 5.52. The van der Waals surface area contributed by atoms with Crippen molar-refractivity contribution in [3.05, 3.63) is 59.4 Å². The van der Waals surface area contributed by atoms with E-state index < -0.39 is 5.82 Å². The molecule has 0 heterocycles. The third kappa shape index (κ3) is 2.73. The lowest BCUT2D eigenvalue weighted by atomic mass is 10.0. The Balaban J connectivity index is 2.38. The Hall–Kier alpha value is -2.36. The van der Waals surface area contributed by atoms with Gasteiger partial charge in [-0.25, -0.2) is 4.39 Å². The van der Waals surface area contributed by atoms with Gasteiger partial charge in [0.1, 0.15) is 17.3 Å². The van der Waals surface area contributed by atoms with Crippen LogP contribution in [0.25, 0.3) is 0 Å². The Morgan fingerprint density at radius 3 is 2.32 bits per heavy atom. The van der Waals surface area contributed by atoms with E-state index in [1.807, 2.05) is 0 Å². The van der Waals surface area contributed by atoms with Gasteiger partial charge < -0.3 is 9.47 Å². The first-order valence-corrected chi connectivity index (χ1v) is 5.68. The van der Waals surface area contributed by atoms with E-state index in [9.17, 15) is 9.18 Å². The Bertz CT molecular complexity index is 608. The fourth-order valence-corrected chi connectivity index (χ4v) is 1.73. The van der Waals surface area contributed by atoms with Crippen LogP contribution in [0.15, 0.2) is 42.5 Å². The SMILES string of the molecule is COc1cccc(C(=O)c2ccc(OC)cc2F)c1. The maximum absolute atomic E-state index is 13.8. The fourth-order valence-electron chi connectivity index (χ4n) is 1.73. The van der Waals surface area contributed by atoms with Gasteiger partial charge in [0.05, 0.1) is 19.8 Å². The van der Waals surface area contributed by atoms with Gasteiger partial charge in [-0.1, -0.05) is 12.1 Å². The molecular weight excluding hydrogens is 247 g/mol. The van der Waals surface area contributed by atoms with Crippen molar-refractivity contribution < 1.29 is 18.7 Å². The van der Waals surface area contributed by atoms with Crippen molar-refractivity contribution in [2.75, 3.05) is 14.2 Å². The molecular formula is C15H13FO3.